The van der Waals surface area contributed by atoms with Crippen LogP contribution in [0.25, 0.3) is 0 Å². The van der Waals surface area contributed by atoms with Crippen molar-refractivity contribution in [3.8, 4) is 11.5 Å². The zero-order valence-electron chi connectivity index (χ0n) is 14.4. The van der Waals surface area contributed by atoms with Gasteiger partial charge in [0.15, 0.2) is 11.5 Å². The highest BCUT2D eigenvalue weighted by molar-refractivity contribution is 5.97. The number of amides is 1. The third-order valence-corrected chi connectivity index (χ3v) is 3.98. The van der Waals surface area contributed by atoms with E-state index in [0.717, 1.165) is 5.56 Å². The van der Waals surface area contributed by atoms with Gasteiger partial charge in [0.1, 0.15) is 6.04 Å². The molecule has 0 aromatic heterocycles. The van der Waals surface area contributed by atoms with Gasteiger partial charge in [0.05, 0.1) is 14.2 Å². The minimum atomic E-state index is -1.06. The fourth-order valence-corrected chi connectivity index (χ4v) is 2.54. The van der Waals surface area contributed by atoms with E-state index in [4.69, 9.17) is 9.47 Å². The van der Waals surface area contributed by atoms with Crippen LogP contribution in [-0.4, -0.2) is 49.2 Å². The van der Waals surface area contributed by atoms with Gasteiger partial charge in [-0.05, 0) is 23.8 Å². The van der Waals surface area contributed by atoms with Crippen LogP contribution >= 0.6 is 0 Å². The zero-order chi connectivity index (χ0) is 18.4. The molecule has 1 N–H and O–H groups in total. The summed E-state index contributed by atoms with van der Waals surface area (Å²) in [5.74, 6) is -0.540. The molecule has 0 saturated heterocycles. The molecule has 0 radical (unpaired) electrons. The molecule has 0 aliphatic rings. The fourth-order valence-electron chi connectivity index (χ4n) is 2.54. The lowest BCUT2D eigenvalue weighted by atomic mass is 10.0. The van der Waals surface area contributed by atoms with Crippen LogP contribution < -0.4 is 9.47 Å². The number of carboxylic acid groups (broad SMARTS) is 1. The monoisotopic (exact) mass is 343 g/mol. The first-order valence-electron chi connectivity index (χ1n) is 7.73. The molecule has 0 spiro atoms. The summed E-state index contributed by atoms with van der Waals surface area (Å²) < 4.78 is 10.4. The molecule has 1 unspecified atom stereocenters. The summed E-state index contributed by atoms with van der Waals surface area (Å²) in [5.41, 5.74) is 1.18. The highest BCUT2D eigenvalue weighted by atomic mass is 16.5. The van der Waals surface area contributed by atoms with E-state index < -0.39 is 17.9 Å². The van der Waals surface area contributed by atoms with Crippen LogP contribution in [0.3, 0.4) is 0 Å². The number of aliphatic carboxylic acids is 1. The number of carboxylic acids is 1. The van der Waals surface area contributed by atoms with Crippen molar-refractivity contribution in [2.45, 2.75) is 12.5 Å². The second kappa shape index (κ2) is 8.19. The average Bonchev–Trinajstić information content (AvgIpc) is 2.64. The van der Waals surface area contributed by atoms with Crippen LogP contribution in [0.15, 0.2) is 48.5 Å². The van der Waals surface area contributed by atoms with E-state index in [0.29, 0.717) is 17.1 Å². The molecule has 0 aliphatic carbocycles. The first-order valence-corrected chi connectivity index (χ1v) is 7.73. The molecular formula is C19H21NO5. The maximum Gasteiger partial charge on any atom is 0.326 e. The number of hydrogen-bond donors (Lipinski definition) is 1. The number of rotatable bonds is 7. The van der Waals surface area contributed by atoms with Crippen molar-refractivity contribution < 1.29 is 24.2 Å². The molecule has 1 amide bonds. The van der Waals surface area contributed by atoms with Gasteiger partial charge in [0.2, 0.25) is 0 Å². The maximum absolute atomic E-state index is 12.7. The number of carbonyl (C=O) groups excluding carboxylic acids is 1. The molecule has 2 aromatic carbocycles. The highest BCUT2D eigenvalue weighted by Crippen LogP contribution is 2.28. The number of carbonyl (C=O) groups is 2. The first kappa shape index (κ1) is 18.3. The van der Waals surface area contributed by atoms with Gasteiger partial charge in [-0.2, -0.15) is 0 Å². The predicted octanol–water partition coefficient (Wildman–Crippen LogP) is 2.47. The van der Waals surface area contributed by atoms with Gasteiger partial charge < -0.3 is 19.5 Å². The Bertz CT molecular complexity index is 745. The van der Waals surface area contributed by atoms with Gasteiger partial charge in [-0.25, -0.2) is 4.79 Å². The number of hydrogen-bond acceptors (Lipinski definition) is 4. The molecule has 25 heavy (non-hydrogen) atoms. The molecule has 1 atom stereocenters. The van der Waals surface area contributed by atoms with Crippen molar-refractivity contribution in [3.05, 3.63) is 59.7 Å². The Labute approximate surface area is 146 Å². The number of benzene rings is 2. The molecule has 6 heteroatoms. The Morgan fingerprint density at radius 2 is 1.68 bits per heavy atom. The van der Waals surface area contributed by atoms with Crippen molar-refractivity contribution in [3.63, 3.8) is 0 Å². The average molecular weight is 343 g/mol. The van der Waals surface area contributed by atoms with Crippen LogP contribution in [0.4, 0.5) is 0 Å². The Kier molecular flexibility index (Phi) is 6.00. The lowest BCUT2D eigenvalue weighted by Gasteiger charge is -2.25. The van der Waals surface area contributed by atoms with E-state index >= 15 is 0 Å². The number of methoxy groups -OCH3 is 2. The summed E-state index contributed by atoms with van der Waals surface area (Å²) >= 11 is 0. The molecule has 132 valence electrons. The van der Waals surface area contributed by atoms with Crippen LogP contribution in [0.2, 0.25) is 0 Å². The van der Waals surface area contributed by atoms with Crippen molar-refractivity contribution >= 4 is 11.9 Å². The lowest BCUT2D eigenvalue weighted by Crippen LogP contribution is -2.43. The summed E-state index contributed by atoms with van der Waals surface area (Å²) in [5, 5.41) is 9.55. The number of nitrogens with zero attached hydrogens (tertiary/aromatic N) is 1. The van der Waals surface area contributed by atoms with Crippen molar-refractivity contribution in [1.82, 2.24) is 4.90 Å². The minimum absolute atomic E-state index is 0.228. The van der Waals surface area contributed by atoms with E-state index in [1.54, 1.807) is 18.2 Å². The van der Waals surface area contributed by atoms with E-state index in [1.165, 1.54) is 26.2 Å². The molecular weight excluding hydrogens is 322 g/mol. The van der Waals surface area contributed by atoms with Gasteiger partial charge in [-0.15, -0.1) is 0 Å². The summed E-state index contributed by atoms with van der Waals surface area (Å²) in [4.78, 5) is 25.6. The van der Waals surface area contributed by atoms with Crippen molar-refractivity contribution in [2.24, 2.45) is 0 Å². The van der Waals surface area contributed by atoms with Gasteiger partial charge in [-0.3, -0.25) is 4.79 Å². The van der Waals surface area contributed by atoms with Crippen LogP contribution in [0.1, 0.15) is 15.9 Å². The van der Waals surface area contributed by atoms with Gasteiger partial charge >= 0.3 is 5.97 Å². The SMILES string of the molecule is COc1ccc(C(=O)N(C)C(Cc2ccccc2)C(=O)O)cc1OC. The Morgan fingerprint density at radius 1 is 1.04 bits per heavy atom. The minimum Gasteiger partial charge on any atom is -0.493 e. The van der Waals surface area contributed by atoms with E-state index in [2.05, 4.69) is 0 Å². The summed E-state index contributed by atoms with van der Waals surface area (Å²) in [6, 6.07) is 13.0. The number of likely N-dealkylation sites (N-methyl/N-ethyl adjacent to an activating group) is 1. The topological polar surface area (TPSA) is 76.1 Å². The van der Waals surface area contributed by atoms with E-state index in [9.17, 15) is 14.7 Å². The summed E-state index contributed by atoms with van der Waals surface area (Å²) in [7, 11) is 4.47. The summed E-state index contributed by atoms with van der Waals surface area (Å²) in [6.07, 6.45) is 0.228. The molecule has 0 aliphatic heterocycles. The largest absolute Gasteiger partial charge is 0.493 e. The molecule has 0 bridgehead atoms. The quantitative estimate of drug-likeness (QED) is 0.836. The lowest BCUT2D eigenvalue weighted by molar-refractivity contribution is -0.141. The van der Waals surface area contributed by atoms with Crippen LogP contribution in [-0.2, 0) is 11.2 Å². The molecule has 0 saturated carbocycles. The van der Waals surface area contributed by atoms with Gasteiger partial charge in [-0.1, -0.05) is 30.3 Å². The molecule has 6 nitrogen and oxygen atoms in total. The van der Waals surface area contributed by atoms with Crippen LogP contribution in [0.5, 0.6) is 11.5 Å². The second-order valence-electron chi connectivity index (χ2n) is 5.53. The Morgan fingerprint density at radius 3 is 2.24 bits per heavy atom. The smallest absolute Gasteiger partial charge is 0.326 e. The van der Waals surface area contributed by atoms with E-state index in [1.807, 2.05) is 30.3 Å². The summed E-state index contributed by atoms with van der Waals surface area (Å²) in [6.45, 7) is 0. The fraction of sp³-hybridized carbons (Fsp3) is 0.263. The van der Waals surface area contributed by atoms with Gasteiger partial charge in [0, 0.05) is 19.0 Å². The molecule has 0 heterocycles. The predicted molar refractivity (Wildman–Crippen MR) is 93.2 cm³/mol. The standard InChI is InChI=1S/C19H21NO5/c1-20(15(19(22)23)11-13-7-5-4-6-8-13)18(21)14-9-10-16(24-2)17(12-14)25-3/h4-10,12,15H,11H2,1-3H3,(H,22,23). The molecule has 2 aromatic rings. The van der Waals surface area contributed by atoms with Crippen LogP contribution in [0, 0.1) is 0 Å². The molecule has 2 rings (SSSR count). The van der Waals surface area contributed by atoms with Gasteiger partial charge in [0.25, 0.3) is 5.91 Å². The maximum atomic E-state index is 12.7. The second-order valence-corrected chi connectivity index (χ2v) is 5.53. The third-order valence-electron chi connectivity index (χ3n) is 3.98. The normalized spacial score (nSPS) is 11.5. The molecule has 0 fully saturated rings. The number of ether oxygens (including phenoxy) is 2. The third kappa shape index (κ3) is 4.29. The Balaban J connectivity index is 2.25. The highest BCUT2D eigenvalue weighted by Gasteiger charge is 2.28. The first-order chi connectivity index (χ1) is 12.0. The Hall–Kier alpha value is -3.02. The zero-order valence-corrected chi connectivity index (χ0v) is 14.4. The van der Waals surface area contributed by atoms with Crippen molar-refractivity contribution in [2.75, 3.05) is 21.3 Å². The van der Waals surface area contributed by atoms with E-state index in [-0.39, 0.29) is 6.42 Å². The van der Waals surface area contributed by atoms with Crippen molar-refractivity contribution in [1.29, 1.82) is 0 Å².